The average molecular weight is 494 g/mol. The maximum absolute atomic E-state index is 11.7. The number of carbonyl (C=O) groups excluding carboxylic acids is 1. The molecule has 2 aromatic carbocycles. The molecule has 0 aromatic heterocycles. The highest BCUT2D eigenvalue weighted by Crippen LogP contribution is 2.28. The smallest absolute Gasteiger partial charge is 0.411 e. The topological polar surface area (TPSA) is 83.5 Å². The summed E-state index contributed by atoms with van der Waals surface area (Å²) in [4.78, 5) is 16.3. The molecule has 34 heavy (non-hydrogen) atoms. The lowest BCUT2D eigenvalue weighted by Crippen LogP contribution is -2.49. The fourth-order valence-electron chi connectivity index (χ4n) is 3.70. The minimum absolute atomic E-state index is 0. The predicted molar refractivity (Wildman–Crippen MR) is 137 cm³/mol. The van der Waals surface area contributed by atoms with E-state index in [2.05, 4.69) is 21.2 Å². The highest BCUT2D eigenvalue weighted by Gasteiger charge is 2.21. The lowest BCUT2D eigenvalue weighted by Gasteiger charge is -2.37. The first-order chi connectivity index (χ1) is 16.1. The van der Waals surface area contributed by atoms with Gasteiger partial charge in [-0.05, 0) is 42.8 Å². The average Bonchev–Trinajstić information content (AvgIpc) is 2.84. The summed E-state index contributed by atoms with van der Waals surface area (Å²) in [5.74, 6) is 1.52. The van der Waals surface area contributed by atoms with E-state index in [1.54, 1.807) is 31.4 Å². The summed E-state index contributed by atoms with van der Waals surface area (Å²) in [6.45, 7) is 6.71. The number of rotatable bonds is 11. The number of piperazine rings is 1. The number of carbonyl (C=O) groups is 1. The maximum Gasteiger partial charge on any atom is 0.411 e. The molecule has 0 bridgehead atoms. The third-order valence-electron chi connectivity index (χ3n) is 5.54. The number of hydrogen-bond donors (Lipinski definition) is 2. The number of hydrogen-bond acceptors (Lipinski definition) is 7. The Balaban J connectivity index is 0.00000408. The van der Waals surface area contributed by atoms with Crippen molar-refractivity contribution in [1.29, 1.82) is 0 Å². The number of para-hydroxylation sites is 2. The molecule has 1 aliphatic heterocycles. The van der Waals surface area contributed by atoms with Crippen molar-refractivity contribution >= 4 is 29.9 Å². The van der Waals surface area contributed by atoms with Crippen molar-refractivity contribution in [3.05, 3.63) is 48.5 Å². The van der Waals surface area contributed by atoms with E-state index in [4.69, 9.17) is 14.2 Å². The predicted octanol–water partition coefficient (Wildman–Crippen LogP) is 4.03. The van der Waals surface area contributed by atoms with Crippen molar-refractivity contribution in [3.63, 3.8) is 0 Å². The largest absolute Gasteiger partial charge is 0.495 e. The molecule has 1 unspecified atom stereocenters. The molecule has 1 aliphatic rings. The van der Waals surface area contributed by atoms with Crippen LogP contribution in [-0.2, 0) is 4.74 Å². The van der Waals surface area contributed by atoms with E-state index in [1.807, 2.05) is 25.1 Å². The van der Waals surface area contributed by atoms with Gasteiger partial charge in [-0.15, -0.1) is 12.4 Å². The number of halogens is 1. The number of β-amino-alcohol motifs (C(OH)–C–C–N with tert-alkyl or cyclic N) is 1. The SMILES string of the molecule is CCCCOC(=O)Nc1ccc(OCC(O)CN2CCN(c3ccccc3OC)CC2)cc1.Cl. The highest BCUT2D eigenvalue weighted by atomic mass is 35.5. The molecule has 0 aliphatic carbocycles. The summed E-state index contributed by atoms with van der Waals surface area (Å²) in [5.41, 5.74) is 1.74. The zero-order valence-corrected chi connectivity index (χ0v) is 20.8. The standard InChI is InChI=1S/C25H35N3O5.ClH/c1-3-4-17-32-25(30)26-20-9-11-22(12-10-20)33-19-21(29)18-27-13-15-28(16-14-27)23-7-5-6-8-24(23)31-2;/h5-12,21,29H,3-4,13-19H2,1-2H3,(H,26,30);1H. The first-order valence-electron chi connectivity index (χ1n) is 11.5. The molecular formula is C25H36ClN3O5. The summed E-state index contributed by atoms with van der Waals surface area (Å²) in [6, 6.07) is 15.1. The molecular weight excluding hydrogens is 458 g/mol. The van der Waals surface area contributed by atoms with Crippen LogP contribution in [0.3, 0.4) is 0 Å². The van der Waals surface area contributed by atoms with Gasteiger partial charge in [-0.1, -0.05) is 25.5 Å². The third kappa shape index (κ3) is 8.59. The molecule has 1 atom stereocenters. The quantitative estimate of drug-likeness (QED) is 0.457. The van der Waals surface area contributed by atoms with E-state index in [9.17, 15) is 9.90 Å². The minimum atomic E-state index is -0.589. The van der Waals surface area contributed by atoms with Crippen LogP contribution in [-0.4, -0.2) is 75.3 Å². The van der Waals surface area contributed by atoms with Crippen LogP contribution in [0, 0.1) is 0 Å². The van der Waals surface area contributed by atoms with Gasteiger partial charge in [0.15, 0.2) is 0 Å². The zero-order valence-electron chi connectivity index (χ0n) is 19.9. The lowest BCUT2D eigenvalue weighted by atomic mass is 10.2. The Bertz CT molecular complexity index is 860. The van der Waals surface area contributed by atoms with E-state index in [0.29, 0.717) is 24.6 Å². The van der Waals surface area contributed by atoms with Crippen molar-refractivity contribution in [2.24, 2.45) is 0 Å². The molecule has 1 amide bonds. The number of aliphatic hydroxyl groups excluding tert-OH is 1. The normalized spacial score (nSPS) is 14.6. The molecule has 9 heteroatoms. The molecule has 3 rings (SSSR count). The summed E-state index contributed by atoms with van der Waals surface area (Å²) in [5, 5.41) is 13.1. The number of unbranched alkanes of at least 4 members (excludes halogenated alkanes) is 1. The molecule has 1 saturated heterocycles. The van der Waals surface area contributed by atoms with E-state index >= 15 is 0 Å². The molecule has 0 spiro atoms. The number of methoxy groups -OCH3 is 1. The van der Waals surface area contributed by atoms with Gasteiger partial charge in [0.25, 0.3) is 0 Å². The fourth-order valence-corrected chi connectivity index (χ4v) is 3.70. The number of nitrogens with one attached hydrogen (secondary N) is 1. The highest BCUT2D eigenvalue weighted by molar-refractivity contribution is 5.85. The molecule has 8 nitrogen and oxygen atoms in total. The first kappa shape index (κ1) is 27.6. The van der Waals surface area contributed by atoms with Crippen LogP contribution in [0.1, 0.15) is 19.8 Å². The van der Waals surface area contributed by atoms with Gasteiger partial charge < -0.3 is 24.2 Å². The van der Waals surface area contributed by atoms with Gasteiger partial charge in [0.2, 0.25) is 0 Å². The van der Waals surface area contributed by atoms with Gasteiger partial charge in [0.1, 0.15) is 24.2 Å². The third-order valence-corrected chi connectivity index (χ3v) is 5.54. The number of nitrogens with zero attached hydrogens (tertiary/aromatic N) is 2. The Hall–Kier alpha value is -2.68. The van der Waals surface area contributed by atoms with E-state index < -0.39 is 12.2 Å². The Labute approximate surface area is 208 Å². The zero-order chi connectivity index (χ0) is 23.5. The van der Waals surface area contributed by atoms with Crippen LogP contribution in [0.4, 0.5) is 16.2 Å². The molecule has 2 N–H and O–H groups in total. The van der Waals surface area contributed by atoms with Crippen molar-refractivity contribution in [2.45, 2.75) is 25.9 Å². The van der Waals surface area contributed by atoms with Crippen molar-refractivity contribution in [1.82, 2.24) is 4.90 Å². The van der Waals surface area contributed by atoms with Gasteiger partial charge in [-0.25, -0.2) is 4.79 Å². The van der Waals surface area contributed by atoms with Crippen LogP contribution in [0.15, 0.2) is 48.5 Å². The summed E-state index contributed by atoms with van der Waals surface area (Å²) < 4.78 is 16.3. The second-order valence-electron chi connectivity index (χ2n) is 8.06. The van der Waals surface area contributed by atoms with Crippen molar-refractivity contribution in [3.8, 4) is 11.5 Å². The molecule has 188 valence electrons. The van der Waals surface area contributed by atoms with Crippen LogP contribution in [0.2, 0.25) is 0 Å². The molecule has 2 aromatic rings. The minimum Gasteiger partial charge on any atom is -0.495 e. The van der Waals surface area contributed by atoms with Crippen LogP contribution in [0.25, 0.3) is 0 Å². The number of aliphatic hydroxyl groups is 1. The lowest BCUT2D eigenvalue weighted by molar-refractivity contribution is 0.0663. The number of anilines is 2. The van der Waals surface area contributed by atoms with Gasteiger partial charge in [0, 0.05) is 38.4 Å². The Morgan fingerprint density at radius 2 is 1.79 bits per heavy atom. The molecule has 1 fully saturated rings. The Morgan fingerprint density at radius 1 is 1.09 bits per heavy atom. The van der Waals surface area contributed by atoms with Crippen molar-refractivity contribution in [2.75, 3.05) is 63.3 Å². The summed E-state index contributed by atoms with van der Waals surface area (Å²) in [6.07, 6.45) is 0.775. The van der Waals surface area contributed by atoms with Crippen LogP contribution < -0.4 is 19.7 Å². The van der Waals surface area contributed by atoms with Crippen molar-refractivity contribution < 1.29 is 24.1 Å². The number of ether oxygens (including phenoxy) is 3. The Morgan fingerprint density at radius 3 is 2.47 bits per heavy atom. The second kappa shape index (κ2) is 14.6. The number of amides is 1. The first-order valence-corrected chi connectivity index (χ1v) is 11.5. The summed E-state index contributed by atoms with van der Waals surface area (Å²) in [7, 11) is 1.69. The summed E-state index contributed by atoms with van der Waals surface area (Å²) >= 11 is 0. The van der Waals surface area contributed by atoms with E-state index in [0.717, 1.165) is 50.5 Å². The molecule has 1 heterocycles. The van der Waals surface area contributed by atoms with Gasteiger partial charge in [0.05, 0.1) is 19.4 Å². The fraction of sp³-hybridized carbons (Fsp3) is 0.480. The monoisotopic (exact) mass is 493 g/mol. The van der Waals surface area contributed by atoms with Gasteiger partial charge >= 0.3 is 6.09 Å². The second-order valence-corrected chi connectivity index (χ2v) is 8.06. The molecule has 0 radical (unpaired) electrons. The van der Waals surface area contributed by atoms with Crippen LogP contribution >= 0.6 is 12.4 Å². The van der Waals surface area contributed by atoms with E-state index in [1.165, 1.54) is 0 Å². The van der Waals surface area contributed by atoms with E-state index in [-0.39, 0.29) is 19.0 Å². The van der Waals surface area contributed by atoms with Crippen LogP contribution in [0.5, 0.6) is 11.5 Å². The van der Waals surface area contributed by atoms with Gasteiger partial charge in [-0.3, -0.25) is 10.2 Å². The molecule has 0 saturated carbocycles. The van der Waals surface area contributed by atoms with Gasteiger partial charge in [-0.2, -0.15) is 0 Å². The number of benzene rings is 2. The maximum atomic E-state index is 11.7. The Kier molecular flexibility index (Phi) is 11.8.